The smallest absolute Gasteiger partial charge is 0.228 e. The Morgan fingerprint density at radius 3 is 2.62 bits per heavy atom. The van der Waals surface area contributed by atoms with Gasteiger partial charge in [-0.2, -0.15) is 0 Å². The molecule has 1 aromatic carbocycles. The van der Waals surface area contributed by atoms with Gasteiger partial charge in [-0.05, 0) is 30.7 Å². The van der Waals surface area contributed by atoms with Crippen molar-refractivity contribution in [3.8, 4) is 5.75 Å². The number of benzene rings is 1. The molecule has 2 aliphatic rings. The summed E-state index contributed by atoms with van der Waals surface area (Å²) in [5.41, 5.74) is 0.973. The van der Waals surface area contributed by atoms with Gasteiger partial charge in [-0.15, -0.1) is 0 Å². The van der Waals surface area contributed by atoms with Crippen LogP contribution in [-0.2, 0) is 9.59 Å². The molecule has 2 fully saturated rings. The largest absolute Gasteiger partial charge is 0.497 e. The molecular weight excluding hydrogens is 306 g/mol. The Labute approximate surface area is 142 Å². The van der Waals surface area contributed by atoms with Crippen LogP contribution < -0.4 is 10.1 Å². The number of carbonyl (C=O) groups excluding carboxylic acids is 2. The Bertz CT molecular complexity index is 610. The predicted octanol–water partition coefficient (Wildman–Crippen LogP) is 1.03. The van der Waals surface area contributed by atoms with Crippen molar-refractivity contribution in [2.24, 2.45) is 5.92 Å². The first-order chi connectivity index (χ1) is 11.5. The lowest BCUT2D eigenvalue weighted by Crippen LogP contribution is -2.43. The van der Waals surface area contributed by atoms with Gasteiger partial charge < -0.3 is 19.9 Å². The number of hydrogen-bond acceptors (Lipinski definition) is 4. The van der Waals surface area contributed by atoms with Crippen molar-refractivity contribution in [1.29, 1.82) is 0 Å². The van der Waals surface area contributed by atoms with Crippen molar-refractivity contribution < 1.29 is 14.3 Å². The third kappa shape index (κ3) is 2.98. The predicted molar refractivity (Wildman–Crippen MR) is 90.7 cm³/mol. The number of ether oxygens (including phenoxy) is 1. The SMILES string of the molecule is COc1ccc(C2C(C(=O)N(C)C3CCNC3)CC(=O)N2C)cc1. The van der Waals surface area contributed by atoms with Crippen molar-refractivity contribution in [3.63, 3.8) is 0 Å². The van der Waals surface area contributed by atoms with Crippen LogP contribution in [0.5, 0.6) is 5.75 Å². The maximum absolute atomic E-state index is 13.0. The topological polar surface area (TPSA) is 61.9 Å². The highest BCUT2D eigenvalue weighted by Crippen LogP contribution is 2.38. The molecule has 1 N–H and O–H groups in total. The molecule has 0 aliphatic carbocycles. The maximum atomic E-state index is 13.0. The third-order valence-electron chi connectivity index (χ3n) is 5.29. The van der Waals surface area contributed by atoms with Crippen LogP contribution in [0, 0.1) is 5.92 Å². The number of likely N-dealkylation sites (N-methyl/N-ethyl adjacent to an activating group) is 1. The van der Waals surface area contributed by atoms with E-state index in [-0.39, 0.29) is 36.2 Å². The van der Waals surface area contributed by atoms with Gasteiger partial charge in [0.25, 0.3) is 0 Å². The van der Waals surface area contributed by atoms with E-state index < -0.39 is 0 Å². The summed E-state index contributed by atoms with van der Waals surface area (Å²) < 4.78 is 5.20. The number of rotatable bonds is 4. The van der Waals surface area contributed by atoms with Gasteiger partial charge in [0, 0.05) is 33.1 Å². The summed E-state index contributed by atoms with van der Waals surface area (Å²) in [4.78, 5) is 28.8. The molecule has 2 aliphatic heterocycles. The molecule has 2 amide bonds. The fraction of sp³-hybridized carbons (Fsp3) is 0.556. The van der Waals surface area contributed by atoms with Gasteiger partial charge in [0.15, 0.2) is 0 Å². The zero-order chi connectivity index (χ0) is 17.3. The van der Waals surface area contributed by atoms with Crippen LogP contribution in [0.15, 0.2) is 24.3 Å². The molecule has 6 heteroatoms. The van der Waals surface area contributed by atoms with E-state index in [2.05, 4.69) is 5.32 Å². The van der Waals surface area contributed by atoms with Crippen LogP contribution in [0.2, 0.25) is 0 Å². The van der Waals surface area contributed by atoms with Crippen LogP contribution in [0.4, 0.5) is 0 Å². The van der Waals surface area contributed by atoms with Gasteiger partial charge in [-0.3, -0.25) is 9.59 Å². The Kier molecular flexibility index (Phi) is 4.76. The molecule has 0 bridgehead atoms. The van der Waals surface area contributed by atoms with Crippen molar-refractivity contribution in [2.45, 2.75) is 24.9 Å². The van der Waals surface area contributed by atoms with Crippen molar-refractivity contribution in [1.82, 2.24) is 15.1 Å². The summed E-state index contributed by atoms with van der Waals surface area (Å²) >= 11 is 0. The quantitative estimate of drug-likeness (QED) is 0.895. The second-order valence-corrected chi connectivity index (χ2v) is 6.63. The van der Waals surface area contributed by atoms with Crippen molar-refractivity contribution in [3.05, 3.63) is 29.8 Å². The van der Waals surface area contributed by atoms with Crippen molar-refractivity contribution >= 4 is 11.8 Å². The molecule has 0 saturated carbocycles. The number of likely N-dealkylation sites (tertiary alicyclic amines) is 1. The number of methoxy groups -OCH3 is 1. The number of hydrogen-bond donors (Lipinski definition) is 1. The lowest BCUT2D eigenvalue weighted by Gasteiger charge is -2.30. The Morgan fingerprint density at radius 2 is 2.04 bits per heavy atom. The average molecular weight is 331 g/mol. The summed E-state index contributed by atoms with van der Waals surface area (Å²) in [6.07, 6.45) is 1.24. The highest BCUT2D eigenvalue weighted by molar-refractivity contribution is 5.90. The minimum absolute atomic E-state index is 0.0205. The molecule has 0 aromatic heterocycles. The van der Waals surface area contributed by atoms with Gasteiger partial charge in [0.1, 0.15) is 5.75 Å². The highest BCUT2D eigenvalue weighted by atomic mass is 16.5. The van der Waals surface area contributed by atoms with E-state index >= 15 is 0 Å². The molecule has 1 aromatic rings. The second-order valence-electron chi connectivity index (χ2n) is 6.63. The van der Waals surface area contributed by atoms with E-state index in [9.17, 15) is 9.59 Å². The first-order valence-corrected chi connectivity index (χ1v) is 8.40. The molecule has 3 atom stereocenters. The van der Waals surface area contributed by atoms with Gasteiger partial charge in [-0.25, -0.2) is 0 Å². The van der Waals surface area contributed by atoms with E-state index in [1.54, 1.807) is 19.1 Å². The molecule has 0 spiro atoms. The zero-order valence-electron chi connectivity index (χ0n) is 14.5. The van der Waals surface area contributed by atoms with Gasteiger partial charge in [0.2, 0.25) is 11.8 Å². The number of amides is 2. The van der Waals surface area contributed by atoms with Crippen LogP contribution in [0.1, 0.15) is 24.4 Å². The minimum atomic E-state index is -0.332. The Morgan fingerprint density at radius 1 is 1.33 bits per heavy atom. The number of nitrogens with one attached hydrogen (secondary N) is 1. The van der Waals surface area contributed by atoms with Crippen LogP contribution in [0.25, 0.3) is 0 Å². The first kappa shape index (κ1) is 16.8. The fourth-order valence-electron chi connectivity index (χ4n) is 3.76. The summed E-state index contributed by atoms with van der Waals surface area (Å²) in [5, 5.41) is 3.29. The van der Waals surface area contributed by atoms with Crippen LogP contribution in [-0.4, -0.2) is 62.0 Å². The van der Waals surface area contributed by atoms with E-state index in [4.69, 9.17) is 4.74 Å². The standard InChI is InChI=1S/C18H25N3O3/c1-20(13-8-9-19-11-13)18(23)15-10-16(22)21(2)17(15)12-4-6-14(24-3)7-5-12/h4-7,13,15,17,19H,8-11H2,1-3H3. The van der Waals surface area contributed by atoms with E-state index in [1.165, 1.54) is 0 Å². The first-order valence-electron chi connectivity index (χ1n) is 8.40. The lowest BCUT2D eigenvalue weighted by molar-refractivity contribution is -0.137. The Hall–Kier alpha value is -2.08. The molecule has 130 valence electrons. The molecule has 24 heavy (non-hydrogen) atoms. The lowest BCUT2D eigenvalue weighted by atomic mass is 9.92. The van der Waals surface area contributed by atoms with E-state index in [0.717, 1.165) is 30.8 Å². The van der Waals surface area contributed by atoms with Crippen molar-refractivity contribution in [2.75, 3.05) is 34.3 Å². The van der Waals surface area contributed by atoms with Crippen LogP contribution >= 0.6 is 0 Å². The van der Waals surface area contributed by atoms with Crippen LogP contribution in [0.3, 0.4) is 0 Å². The minimum Gasteiger partial charge on any atom is -0.497 e. The Balaban J connectivity index is 1.84. The maximum Gasteiger partial charge on any atom is 0.228 e. The molecule has 2 saturated heterocycles. The summed E-state index contributed by atoms with van der Waals surface area (Å²) in [6, 6.07) is 7.63. The van der Waals surface area contributed by atoms with Gasteiger partial charge in [-0.1, -0.05) is 12.1 Å². The normalized spacial score (nSPS) is 26.7. The molecule has 3 unspecified atom stereocenters. The second kappa shape index (κ2) is 6.81. The molecular formula is C18H25N3O3. The monoisotopic (exact) mass is 331 g/mol. The highest BCUT2D eigenvalue weighted by Gasteiger charge is 2.44. The molecule has 6 nitrogen and oxygen atoms in total. The van der Waals surface area contributed by atoms with Gasteiger partial charge in [0.05, 0.1) is 19.1 Å². The van der Waals surface area contributed by atoms with E-state index in [0.29, 0.717) is 0 Å². The average Bonchev–Trinajstić information content (AvgIpc) is 3.23. The number of carbonyl (C=O) groups is 2. The third-order valence-corrected chi connectivity index (χ3v) is 5.29. The van der Waals surface area contributed by atoms with Gasteiger partial charge >= 0.3 is 0 Å². The molecule has 3 rings (SSSR count). The fourth-order valence-corrected chi connectivity index (χ4v) is 3.76. The summed E-state index contributed by atoms with van der Waals surface area (Å²) in [7, 11) is 5.26. The molecule has 0 radical (unpaired) electrons. The summed E-state index contributed by atoms with van der Waals surface area (Å²) in [5.74, 6) is 0.513. The molecule has 2 heterocycles. The van der Waals surface area contributed by atoms with E-state index in [1.807, 2.05) is 36.2 Å². The zero-order valence-corrected chi connectivity index (χ0v) is 14.5. The number of nitrogens with zero attached hydrogens (tertiary/aromatic N) is 2. The summed E-state index contributed by atoms with van der Waals surface area (Å²) in [6.45, 7) is 1.76.